The van der Waals surface area contributed by atoms with Gasteiger partial charge in [-0.15, -0.1) is 0 Å². The van der Waals surface area contributed by atoms with Crippen molar-refractivity contribution in [1.82, 2.24) is 14.5 Å². The first-order valence-electron chi connectivity index (χ1n) is 6.37. The Morgan fingerprint density at radius 2 is 1.95 bits per heavy atom. The van der Waals surface area contributed by atoms with Gasteiger partial charge >= 0.3 is 0 Å². The monoisotopic (exact) mass is 266 g/mol. The first kappa shape index (κ1) is 12.3. The average molecular weight is 266 g/mol. The number of anilines is 1. The van der Waals surface area contributed by atoms with Crippen LogP contribution in [0, 0.1) is 11.6 Å². The second kappa shape index (κ2) is 4.45. The molecule has 0 atom stereocenters. The molecule has 3 rings (SSSR count). The molecule has 2 N–H and O–H groups in total. The number of piperidine rings is 1. The summed E-state index contributed by atoms with van der Waals surface area (Å²) in [5.41, 5.74) is 6.49. The number of rotatable bonds is 1. The quantitative estimate of drug-likeness (QED) is 0.860. The Labute approximate surface area is 109 Å². The first-order chi connectivity index (χ1) is 9.06. The Hall–Kier alpha value is -1.69. The van der Waals surface area contributed by atoms with Crippen molar-refractivity contribution in [3.63, 3.8) is 0 Å². The van der Waals surface area contributed by atoms with Crippen molar-refractivity contribution in [3.8, 4) is 0 Å². The molecule has 4 nitrogen and oxygen atoms in total. The maximum absolute atomic E-state index is 13.7. The first-order valence-corrected chi connectivity index (χ1v) is 6.37. The van der Waals surface area contributed by atoms with Gasteiger partial charge < -0.3 is 15.2 Å². The van der Waals surface area contributed by atoms with E-state index in [2.05, 4.69) is 16.9 Å². The minimum atomic E-state index is -0.659. The van der Waals surface area contributed by atoms with Gasteiger partial charge in [0, 0.05) is 18.2 Å². The van der Waals surface area contributed by atoms with E-state index < -0.39 is 11.6 Å². The lowest BCUT2D eigenvalue weighted by Crippen LogP contribution is -2.31. The van der Waals surface area contributed by atoms with Gasteiger partial charge in [-0.05, 0) is 33.0 Å². The fourth-order valence-electron chi connectivity index (χ4n) is 2.78. The fourth-order valence-corrected chi connectivity index (χ4v) is 2.78. The van der Waals surface area contributed by atoms with Crippen LogP contribution in [0.4, 0.5) is 14.7 Å². The molecule has 2 heterocycles. The van der Waals surface area contributed by atoms with E-state index in [9.17, 15) is 8.78 Å². The van der Waals surface area contributed by atoms with Crippen LogP contribution in [0.5, 0.6) is 0 Å². The van der Waals surface area contributed by atoms with Crippen molar-refractivity contribution in [2.75, 3.05) is 25.9 Å². The number of likely N-dealkylation sites (tertiary alicyclic amines) is 1. The van der Waals surface area contributed by atoms with Crippen LogP contribution in [0.1, 0.15) is 18.9 Å². The van der Waals surface area contributed by atoms with Gasteiger partial charge in [0.25, 0.3) is 0 Å². The molecule has 0 amide bonds. The molecule has 1 saturated heterocycles. The van der Waals surface area contributed by atoms with Gasteiger partial charge in [-0.1, -0.05) is 0 Å². The molecule has 0 radical (unpaired) electrons. The summed E-state index contributed by atoms with van der Waals surface area (Å²) in [5, 5.41) is 0. The molecule has 19 heavy (non-hydrogen) atoms. The predicted octanol–water partition coefficient (Wildman–Crippen LogP) is 2.16. The van der Waals surface area contributed by atoms with E-state index in [1.807, 2.05) is 0 Å². The highest BCUT2D eigenvalue weighted by Gasteiger charge is 2.23. The topological polar surface area (TPSA) is 47.1 Å². The average Bonchev–Trinajstić information content (AvgIpc) is 2.67. The van der Waals surface area contributed by atoms with Gasteiger partial charge in [0.05, 0.1) is 5.52 Å². The van der Waals surface area contributed by atoms with Gasteiger partial charge in [-0.3, -0.25) is 0 Å². The van der Waals surface area contributed by atoms with E-state index in [1.165, 1.54) is 6.07 Å². The Morgan fingerprint density at radius 3 is 2.63 bits per heavy atom. The minimum Gasteiger partial charge on any atom is -0.369 e. The number of imidazole rings is 1. The molecule has 0 saturated carbocycles. The lowest BCUT2D eigenvalue weighted by Gasteiger charge is -2.30. The number of halogens is 2. The number of nitrogen functional groups attached to an aromatic ring is 1. The Balaban J connectivity index is 2.10. The van der Waals surface area contributed by atoms with E-state index in [1.54, 1.807) is 4.57 Å². The number of benzene rings is 1. The van der Waals surface area contributed by atoms with Crippen LogP contribution in [0.25, 0.3) is 11.0 Å². The van der Waals surface area contributed by atoms with Gasteiger partial charge in [0.1, 0.15) is 11.3 Å². The van der Waals surface area contributed by atoms with E-state index in [4.69, 9.17) is 5.73 Å². The third-order valence-electron chi connectivity index (χ3n) is 3.79. The molecule has 1 aliphatic heterocycles. The van der Waals surface area contributed by atoms with Crippen molar-refractivity contribution in [1.29, 1.82) is 0 Å². The molecule has 1 aromatic carbocycles. The summed E-state index contributed by atoms with van der Waals surface area (Å²) in [5.74, 6) is -0.999. The van der Waals surface area contributed by atoms with Crippen molar-refractivity contribution < 1.29 is 8.78 Å². The largest absolute Gasteiger partial charge is 0.369 e. The van der Waals surface area contributed by atoms with E-state index in [-0.39, 0.29) is 17.5 Å². The zero-order valence-electron chi connectivity index (χ0n) is 10.7. The lowest BCUT2D eigenvalue weighted by atomic mass is 10.1. The summed E-state index contributed by atoms with van der Waals surface area (Å²) in [6.45, 7) is 1.89. The summed E-state index contributed by atoms with van der Waals surface area (Å²) >= 11 is 0. The van der Waals surface area contributed by atoms with Gasteiger partial charge in [-0.25, -0.2) is 13.8 Å². The van der Waals surface area contributed by atoms with Crippen LogP contribution in [0.2, 0.25) is 0 Å². The summed E-state index contributed by atoms with van der Waals surface area (Å²) in [6, 6.07) is 2.30. The molecule has 1 aromatic heterocycles. The molecule has 1 aliphatic rings. The predicted molar refractivity (Wildman–Crippen MR) is 69.8 cm³/mol. The second-order valence-electron chi connectivity index (χ2n) is 5.13. The second-order valence-corrected chi connectivity index (χ2v) is 5.13. The molecule has 0 bridgehead atoms. The smallest absolute Gasteiger partial charge is 0.201 e. The number of hydrogen-bond donors (Lipinski definition) is 1. The standard InChI is InChI=1S/C13H16F2N4/c1-18-4-2-9(3-5-18)19-11-7-8(14)6-10(15)12(11)17-13(19)16/h6-7,9H,2-5H2,1H3,(H2,16,17). The highest BCUT2D eigenvalue weighted by Crippen LogP contribution is 2.30. The van der Waals surface area contributed by atoms with Crippen molar-refractivity contribution in [2.24, 2.45) is 0 Å². The van der Waals surface area contributed by atoms with Crippen LogP contribution in [-0.2, 0) is 0 Å². The number of nitrogens with two attached hydrogens (primary N) is 1. The van der Waals surface area contributed by atoms with Crippen molar-refractivity contribution >= 4 is 17.0 Å². The summed E-state index contributed by atoms with van der Waals surface area (Å²) in [6.07, 6.45) is 1.81. The van der Waals surface area contributed by atoms with Crippen molar-refractivity contribution in [3.05, 3.63) is 23.8 Å². The molecule has 0 aliphatic carbocycles. The van der Waals surface area contributed by atoms with Crippen LogP contribution in [-0.4, -0.2) is 34.6 Å². The normalized spacial score (nSPS) is 18.3. The van der Waals surface area contributed by atoms with Gasteiger partial charge in [-0.2, -0.15) is 0 Å². The number of nitrogens with zero attached hydrogens (tertiary/aromatic N) is 3. The van der Waals surface area contributed by atoms with E-state index in [0.717, 1.165) is 32.0 Å². The number of hydrogen-bond acceptors (Lipinski definition) is 3. The third-order valence-corrected chi connectivity index (χ3v) is 3.79. The van der Waals surface area contributed by atoms with Crippen LogP contribution >= 0.6 is 0 Å². The Morgan fingerprint density at radius 1 is 1.26 bits per heavy atom. The molecule has 1 fully saturated rings. The molecule has 0 spiro atoms. The number of aromatic nitrogens is 2. The lowest BCUT2D eigenvalue weighted by molar-refractivity contribution is 0.225. The van der Waals surface area contributed by atoms with E-state index in [0.29, 0.717) is 5.52 Å². The van der Waals surface area contributed by atoms with Gasteiger partial charge in [0.15, 0.2) is 5.82 Å². The van der Waals surface area contributed by atoms with Crippen molar-refractivity contribution in [2.45, 2.75) is 18.9 Å². The molecular formula is C13H16F2N4. The van der Waals surface area contributed by atoms with Crippen LogP contribution in [0.3, 0.4) is 0 Å². The molecule has 6 heteroatoms. The summed E-state index contributed by atoms with van der Waals surface area (Å²) in [4.78, 5) is 6.26. The molecule has 0 unspecified atom stereocenters. The summed E-state index contributed by atoms with van der Waals surface area (Å²) < 4.78 is 28.8. The molecular weight excluding hydrogens is 250 g/mol. The number of fused-ring (bicyclic) bond motifs is 1. The SMILES string of the molecule is CN1CCC(n2c(N)nc3c(F)cc(F)cc32)CC1. The maximum Gasteiger partial charge on any atom is 0.201 e. The zero-order valence-corrected chi connectivity index (χ0v) is 10.7. The van der Waals surface area contributed by atoms with E-state index >= 15 is 0 Å². The molecule has 102 valence electrons. The maximum atomic E-state index is 13.7. The Kier molecular flexibility index (Phi) is 2.89. The fraction of sp³-hybridized carbons (Fsp3) is 0.462. The zero-order chi connectivity index (χ0) is 13.6. The highest BCUT2D eigenvalue weighted by molar-refractivity contribution is 5.79. The third kappa shape index (κ3) is 2.06. The Bertz CT molecular complexity index is 615. The molecule has 2 aromatic rings. The summed E-state index contributed by atoms with van der Waals surface area (Å²) in [7, 11) is 2.06. The van der Waals surface area contributed by atoms with Gasteiger partial charge in [0.2, 0.25) is 5.95 Å². The highest BCUT2D eigenvalue weighted by atomic mass is 19.1. The van der Waals surface area contributed by atoms with Crippen LogP contribution in [0.15, 0.2) is 12.1 Å². The van der Waals surface area contributed by atoms with Crippen LogP contribution < -0.4 is 5.73 Å². The minimum absolute atomic E-state index is 0.151.